The molecule has 0 heterocycles. The van der Waals surface area contributed by atoms with Crippen molar-refractivity contribution in [1.29, 1.82) is 0 Å². The Hall–Kier alpha value is -1.11. The van der Waals surface area contributed by atoms with Gasteiger partial charge in [0, 0.05) is 20.3 Å². The lowest BCUT2D eigenvalue weighted by atomic mass is 10.2. The van der Waals surface area contributed by atoms with E-state index in [1.54, 1.807) is 7.11 Å². The second kappa shape index (κ2) is 8.90. The van der Waals surface area contributed by atoms with E-state index in [1.807, 2.05) is 0 Å². The van der Waals surface area contributed by atoms with Gasteiger partial charge in [-0.05, 0) is 30.7 Å². The molecular weight excluding hydrogens is 259 g/mol. The van der Waals surface area contributed by atoms with Gasteiger partial charge in [0.1, 0.15) is 0 Å². The fraction of sp³-hybridized carbons (Fsp3) is 0.538. The highest BCUT2D eigenvalue weighted by atomic mass is 19.2. The number of ether oxygens (including phenoxy) is 2. The Morgan fingerprint density at radius 1 is 1.05 bits per heavy atom. The lowest BCUT2D eigenvalue weighted by molar-refractivity contribution is 0.0695. The Bertz CT molecular complexity index is 365. The summed E-state index contributed by atoms with van der Waals surface area (Å²) in [5.41, 5.74) is 0.372. The highest BCUT2D eigenvalue weighted by molar-refractivity contribution is 5.19. The predicted molar refractivity (Wildman–Crippen MR) is 65.3 cm³/mol. The van der Waals surface area contributed by atoms with Crippen LogP contribution in [0, 0.1) is 17.5 Å². The highest BCUT2D eigenvalue weighted by Gasteiger charge is 2.09. The third-order valence-corrected chi connectivity index (χ3v) is 2.45. The number of benzene rings is 1. The van der Waals surface area contributed by atoms with Crippen molar-refractivity contribution < 1.29 is 22.6 Å². The predicted octanol–water partition coefficient (Wildman–Crippen LogP) is 2.25. The lowest BCUT2D eigenvalue weighted by Crippen LogP contribution is -2.17. The van der Waals surface area contributed by atoms with Gasteiger partial charge in [-0.2, -0.15) is 0 Å². The molecule has 0 aliphatic heterocycles. The Morgan fingerprint density at radius 3 is 2.37 bits per heavy atom. The van der Waals surface area contributed by atoms with Gasteiger partial charge >= 0.3 is 0 Å². The topological polar surface area (TPSA) is 30.5 Å². The molecule has 0 saturated heterocycles. The molecule has 0 spiro atoms. The van der Waals surface area contributed by atoms with Gasteiger partial charge in [0.25, 0.3) is 0 Å². The van der Waals surface area contributed by atoms with E-state index in [9.17, 15) is 13.2 Å². The van der Waals surface area contributed by atoms with Gasteiger partial charge in [-0.15, -0.1) is 0 Å². The first kappa shape index (κ1) is 15.9. The average Bonchev–Trinajstić information content (AvgIpc) is 2.39. The maximum Gasteiger partial charge on any atom is 0.194 e. The van der Waals surface area contributed by atoms with Crippen LogP contribution in [0.3, 0.4) is 0 Å². The maximum atomic E-state index is 12.9. The number of hydrogen-bond donors (Lipinski definition) is 1. The van der Waals surface area contributed by atoms with Gasteiger partial charge < -0.3 is 14.8 Å². The average molecular weight is 277 g/mol. The lowest BCUT2D eigenvalue weighted by Gasteiger charge is -2.07. The standard InChI is InChI=1S/C13H18F3NO2/c1-18-5-6-19-4-2-3-17-9-10-7-11(14)13(16)12(15)8-10/h7-8,17H,2-6,9H2,1H3. The fourth-order valence-corrected chi connectivity index (χ4v) is 1.49. The summed E-state index contributed by atoms with van der Waals surface area (Å²) in [7, 11) is 1.60. The fourth-order valence-electron chi connectivity index (χ4n) is 1.49. The van der Waals surface area contributed by atoms with Crippen molar-refractivity contribution in [2.75, 3.05) is 33.5 Å². The summed E-state index contributed by atoms with van der Waals surface area (Å²) < 4.78 is 48.6. The van der Waals surface area contributed by atoms with Crippen LogP contribution in [0.2, 0.25) is 0 Å². The molecule has 0 fully saturated rings. The summed E-state index contributed by atoms with van der Waals surface area (Å²) in [5.74, 6) is -3.77. The second-order valence-corrected chi connectivity index (χ2v) is 4.01. The zero-order valence-corrected chi connectivity index (χ0v) is 10.8. The van der Waals surface area contributed by atoms with Crippen molar-refractivity contribution in [3.05, 3.63) is 35.1 Å². The van der Waals surface area contributed by atoms with Crippen LogP contribution in [0.4, 0.5) is 13.2 Å². The van der Waals surface area contributed by atoms with Crippen LogP contribution in [0.5, 0.6) is 0 Å². The van der Waals surface area contributed by atoms with Crippen LogP contribution in [0.1, 0.15) is 12.0 Å². The van der Waals surface area contributed by atoms with Gasteiger partial charge in [0.2, 0.25) is 0 Å². The molecule has 19 heavy (non-hydrogen) atoms. The number of methoxy groups -OCH3 is 1. The largest absolute Gasteiger partial charge is 0.382 e. The normalized spacial score (nSPS) is 10.9. The van der Waals surface area contributed by atoms with E-state index in [4.69, 9.17) is 9.47 Å². The molecule has 108 valence electrons. The number of halogens is 3. The van der Waals surface area contributed by atoms with Crippen LogP contribution in [-0.4, -0.2) is 33.5 Å². The second-order valence-electron chi connectivity index (χ2n) is 4.01. The molecule has 0 atom stereocenters. The van der Waals surface area contributed by atoms with Gasteiger partial charge in [-0.1, -0.05) is 0 Å². The molecule has 1 aromatic carbocycles. The van der Waals surface area contributed by atoms with E-state index in [-0.39, 0.29) is 6.54 Å². The Balaban J connectivity index is 2.16. The van der Waals surface area contributed by atoms with Gasteiger partial charge in [-0.25, -0.2) is 13.2 Å². The van der Waals surface area contributed by atoms with E-state index in [2.05, 4.69) is 5.32 Å². The minimum Gasteiger partial charge on any atom is -0.382 e. The van der Waals surface area contributed by atoms with Crippen molar-refractivity contribution in [3.63, 3.8) is 0 Å². The van der Waals surface area contributed by atoms with Crippen molar-refractivity contribution in [2.24, 2.45) is 0 Å². The molecule has 0 aliphatic carbocycles. The molecule has 0 radical (unpaired) electrons. The van der Waals surface area contributed by atoms with Crippen molar-refractivity contribution in [1.82, 2.24) is 5.32 Å². The van der Waals surface area contributed by atoms with Crippen LogP contribution in [-0.2, 0) is 16.0 Å². The van der Waals surface area contributed by atoms with Crippen LogP contribution >= 0.6 is 0 Å². The summed E-state index contributed by atoms with van der Waals surface area (Å²) in [6, 6.07) is 1.97. The molecule has 0 saturated carbocycles. The van der Waals surface area contributed by atoms with E-state index < -0.39 is 17.5 Å². The molecule has 0 amide bonds. The molecule has 1 aromatic rings. The molecule has 0 aliphatic rings. The van der Waals surface area contributed by atoms with E-state index in [0.29, 0.717) is 31.9 Å². The van der Waals surface area contributed by atoms with Crippen molar-refractivity contribution >= 4 is 0 Å². The Morgan fingerprint density at radius 2 is 1.74 bits per heavy atom. The van der Waals surface area contributed by atoms with E-state index >= 15 is 0 Å². The highest BCUT2D eigenvalue weighted by Crippen LogP contribution is 2.13. The summed E-state index contributed by atoms with van der Waals surface area (Å²) in [5, 5.41) is 3.00. The molecule has 0 bridgehead atoms. The van der Waals surface area contributed by atoms with Crippen molar-refractivity contribution in [2.45, 2.75) is 13.0 Å². The van der Waals surface area contributed by atoms with Gasteiger partial charge in [0.15, 0.2) is 17.5 Å². The third kappa shape index (κ3) is 6.04. The molecule has 1 N–H and O–H groups in total. The monoisotopic (exact) mass is 277 g/mol. The molecular formula is C13H18F3NO2. The molecule has 6 heteroatoms. The first-order valence-corrected chi connectivity index (χ1v) is 6.06. The summed E-state index contributed by atoms with van der Waals surface area (Å²) >= 11 is 0. The minimum absolute atomic E-state index is 0.284. The maximum absolute atomic E-state index is 12.9. The number of nitrogens with one attached hydrogen (secondary N) is 1. The van der Waals surface area contributed by atoms with Crippen LogP contribution < -0.4 is 5.32 Å². The molecule has 3 nitrogen and oxygen atoms in total. The van der Waals surface area contributed by atoms with Crippen LogP contribution in [0.25, 0.3) is 0 Å². The first-order valence-electron chi connectivity index (χ1n) is 6.06. The number of hydrogen-bond acceptors (Lipinski definition) is 3. The SMILES string of the molecule is COCCOCCCNCc1cc(F)c(F)c(F)c1. The smallest absolute Gasteiger partial charge is 0.194 e. The van der Waals surface area contributed by atoms with Gasteiger partial charge in [0.05, 0.1) is 13.2 Å². The third-order valence-electron chi connectivity index (χ3n) is 2.45. The Labute approximate surface area is 110 Å². The zero-order valence-electron chi connectivity index (χ0n) is 10.8. The number of rotatable bonds is 9. The minimum atomic E-state index is -1.43. The molecule has 1 rings (SSSR count). The molecule has 0 aromatic heterocycles. The molecule has 0 unspecified atom stereocenters. The van der Waals surface area contributed by atoms with Gasteiger partial charge in [-0.3, -0.25) is 0 Å². The summed E-state index contributed by atoms with van der Waals surface area (Å²) in [4.78, 5) is 0. The van der Waals surface area contributed by atoms with Crippen LogP contribution in [0.15, 0.2) is 12.1 Å². The quantitative estimate of drug-likeness (QED) is 0.555. The summed E-state index contributed by atoms with van der Waals surface area (Å²) in [6.45, 7) is 2.62. The van der Waals surface area contributed by atoms with Crippen molar-refractivity contribution in [3.8, 4) is 0 Å². The van der Waals surface area contributed by atoms with E-state index in [1.165, 1.54) is 0 Å². The first-order chi connectivity index (χ1) is 9.15. The Kier molecular flexibility index (Phi) is 7.47. The zero-order chi connectivity index (χ0) is 14.1. The van der Waals surface area contributed by atoms with E-state index in [0.717, 1.165) is 18.6 Å². The summed E-state index contributed by atoms with van der Waals surface area (Å²) in [6.07, 6.45) is 0.774.